The third-order valence-electron chi connectivity index (χ3n) is 5.24. The first kappa shape index (κ1) is 18.8. The second-order valence-electron chi connectivity index (χ2n) is 7.12. The van der Waals surface area contributed by atoms with Crippen LogP contribution in [0.5, 0.6) is 5.75 Å². The molecule has 148 valence electrons. The van der Waals surface area contributed by atoms with Crippen LogP contribution in [0.2, 0.25) is 0 Å². The SMILES string of the molecule is CCOc1ccc(CN2CCN(c3nc4ccccc4o3)C[C@@H]2CCO)cc1. The maximum atomic E-state index is 9.57. The topological polar surface area (TPSA) is 62.0 Å². The number of para-hydroxylation sites is 2. The summed E-state index contributed by atoms with van der Waals surface area (Å²) in [5.74, 6) is 0.902. The summed E-state index contributed by atoms with van der Waals surface area (Å²) < 4.78 is 11.5. The zero-order valence-corrected chi connectivity index (χ0v) is 16.3. The van der Waals surface area contributed by atoms with Gasteiger partial charge in [-0.3, -0.25) is 4.90 Å². The summed E-state index contributed by atoms with van der Waals surface area (Å²) in [5.41, 5.74) is 2.95. The highest BCUT2D eigenvalue weighted by atomic mass is 16.5. The number of fused-ring (bicyclic) bond motifs is 1. The molecule has 0 spiro atoms. The van der Waals surface area contributed by atoms with Crippen LogP contribution in [0.25, 0.3) is 11.1 Å². The summed E-state index contributed by atoms with van der Waals surface area (Å²) in [5, 5.41) is 9.57. The van der Waals surface area contributed by atoms with Crippen molar-refractivity contribution >= 4 is 17.1 Å². The van der Waals surface area contributed by atoms with Crippen molar-refractivity contribution in [1.29, 1.82) is 0 Å². The summed E-state index contributed by atoms with van der Waals surface area (Å²) in [4.78, 5) is 9.26. The van der Waals surface area contributed by atoms with Gasteiger partial charge in [0.15, 0.2) is 5.58 Å². The fourth-order valence-corrected chi connectivity index (χ4v) is 3.79. The number of nitrogens with zero attached hydrogens (tertiary/aromatic N) is 3. The molecule has 2 aromatic carbocycles. The number of aliphatic hydroxyl groups excluding tert-OH is 1. The molecular weight excluding hydrogens is 354 g/mol. The molecule has 1 aromatic heterocycles. The third-order valence-corrected chi connectivity index (χ3v) is 5.24. The lowest BCUT2D eigenvalue weighted by Gasteiger charge is -2.40. The van der Waals surface area contributed by atoms with E-state index in [2.05, 4.69) is 26.9 Å². The normalized spacial score (nSPS) is 17.9. The van der Waals surface area contributed by atoms with Crippen LogP contribution in [-0.2, 0) is 6.54 Å². The lowest BCUT2D eigenvalue weighted by molar-refractivity contribution is 0.133. The average molecular weight is 381 g/mol. The Kier molecular flexibility index (Phi) is 5.78. The smallest absolute Gasteiger partial charge is 0.298 e. The Morgan fingerprint density at radius 1 is 1.14 bits per heavy atom. The number of rotatable bonds is 7. The highest BCUT2D eigenvalue weighted by molar-refractivity contribution is 5.74. The molecule has 1 atom stereocenters. The predicted molar refractivity (Wildman–Crippen MR) is 110 cm³/mol. The number of aromatic nitrogens is 1. The van der Waals surface area contributed by atoms with Crippen LogP contribution in [0.1, 0.15) is 18.9 Å². The van der Waals surface area contributed by atoms with E-state index in [1.807, 2.05) is 43.3 Å². The summed E-state index contributed by atoms with van der Waals surface area (Å²) in [6.07, 6.45) is 0.730. The largest absolute Gasteiger partial charge is 0.494 e. The van der Waals surface area contributed by atoms with E-state index in [0.29, 0.717) is 12.6 Å². The van der Waals surface area contributed by atoms with Crippen LogP contribution in [0.4, 0.5) is 6.01 Å². The molecule has 3 aromatic rings. The van der Waals surface area contributed by atoms with Gasteiger partial charge in [0.05, 0.1) is 6.61 Å². The number of ether oxygens (including phenoxy) is 1. The molecule has 2 heterocycles. The third kappa shape index (κ3) is 4.13. The number of hydrogen-bond acceptors (Lipinski definition) is 6. The second kappa shape index (κ2) is 8.63. The van der Waals surface area contributed by atoms with E-state index in [1.54, 1.807) is 0 Å². The lowest BCUT2D eigenvalue weighted by Crippen LogP contribution is -2.53. The Labute approximate surface area is 165 Å². The number of anilines is 1. The second-order valence-corrected chi connectivity index (χ2v) is 7.12. The summed E-state index contributed by atoms with van der Waals surface area (Å²) >= 11 is 0. The molecule has 28 heavy (non-hydrogen) atoms. The van der Waals surface area contributed by atoms with E-state index in [9.17, 15) is 5.11 Å². The van der Waals surface area contributed by atoms with Crippen molar-refractivity contribution in [1.82, 2.24) is 9.88 Å². The summed E-state index contributed by atoms with van der Waals surface area (Å²) in [6.45, 7) is 6.25. The van der Waals surface area contributed by atoms with Gasteiger partial charge in [0.2, 0.25) is 0 Å². The molecule has 1 N–H and O–H groups in total. The first-order valence-electron chi connectivity index (χ1n) is 9.94. The Morgan fingerprint density at radius 3 is 2.71 bits per heavy atom. The van der Waals surface area contributed by atoms with E-state index < -0.39 is 0 Å². The van der Waals surface area contributed by atoms with Crippen molar-refractivity contribution in [3.8, 4) is 5.75 Å². The molecule has 0 aliphatic carbocycles. The van der Waals surface area contributed by atoms with E-state index in [0.717, 1.165) is 49.4 Å². The fraction of sp³-hybridized carbons (Fsp3) is 0.409. The highest BCUT2D eigenvalue weighted by Gasteiger charge is 2.29. The van der Waals surface area contributed by atoms with Gasteiger partial charge in [-0.2, -0.15) is 4.98 Å². The summed E-state index contributed by atoms with van der Waals surface area (Å²) in [7, 11) is 0. The van der Waals surface area contributed by atoms with Gasteiger partial charge in [-0.05, 0) is 43.2 Å². The summed E-state index contributed by atoms with van der Waals surface area (Å²) in [6, 6.07) is 17.0. The molecule has 0 unspecified atom stereocenters. The van der Waals surface area contributed by atoms with E-state index in [1.165, 1.54) is 5.56 Å². The molecule has 6 nitrogen and oxygen atoms in total. The van der Waals surface area contributed by atoms with Gasteiger partial charge in [-0.15, -0.1) is 0 Å². The van der Waals surface area contributed by atoms with Crippen LogP contribution in [0.15, 0.2) is 52.9 Å². The molecule has 0 saturated carbocycles. The fourth-order valence-electron chi connectivity index (χ4n) is 3.79. The number of piperazine rings is 1. The van der Waals surface area contributed by atoms with E-state index >= 15 is 0 Å². The van der Waals surface area contributed by atoms with Gasteiger partial charge in [0.1, 0.15) is 11.3 Å². The van der Waals surface area contributed by atoms with Crippen molar-refractivity contribution in [2.24, 2.45) is 0 Å². The van der Waals surface area contributed by atoms with Crippen molar-refractivity contribution in [3.05, 3.63) is 54.1 Å². The lowest BCUT2D eigenvalue weighted by atomic mass is 10.1. The van der Waals surface area contributed by atoms with Crippen molar-refractivity contribution in [3.63, 3.8) is 0 Å². The number of hydrogen-bond donors (Lipinski definition) is 1. The highest BCUT2D eigenvalue weighted by Crippen LogP contribution is 2.25. The standard InChI is InChI=1S/C22H27N3O3/c1-2-27-19-9-7-17(8-10-19)15-24-12-13-25(16-18(24)11-14-26)22-23-20-5-3-4-6-21(20)28-22/h3-10,18,26H,2,11-16H2,1H3/t18-/m0/s1. The number of aliphatic hydroxyl groups is 1. The van der Waals surface area contributed by atoms with Crippen molar-refractivity contribution in [2.45, 2.75) is 25.9 Å². The van der Waals surface area contributed by atoms with Crippen LogP contribution in [0, 0.1) is 0 Å². The van der Waals surface area contributed by atoms with Crippen molar-refractivity contribution in [2.75, 3.05) is 37.7 Å². The van der Waals surface area contributed by atoms with Crippen LogP contribution in [0.3, 0.4) is 0 Å². The van der Waals surface area contributed by atoms with Crippen LogP contribution >= 0.6 is 0 Å². The molecule has 0 amide bonds. The molecular formula is C22H27N3O3. The van der Waals surface area contributed by atoms with Gasteiger partial charge >= 0.3 is 0 Å². The van der Waals surface area contributed by atoms with Crippen LogP contribution < -0.4 is 9.64 Å². The van der Waals surface area contributed by atoms with Gasteiger partial charge in [-0.1, -0.05) is 24.3 Å². The minimum atomic E-state index is 0.172. The average Bonchev–Trinajstić information content (AvgIpc) is 3.15. The maximum absolute atomic E-state index is 9.57. The van der Waals surface area contributed by atoms with Gasteiger partial charge in [0, 0.05) is 38.8 Å². The first-order chi connectivity index (χ1) is 13.8. The molecule has 0 bridgehead atoms. The van der Waals surface area contributed by atoms with Crippen molar-refractivity contribution < 1.29 is 14.3 Å². The Balaban J connectivity index is 1.45. The zero-order chi connectivity index (χ0) is 19.3. The Hall–Kier alpha value is -2.57. The minimum Gasteiger partial charge on any atom is -0.494 e. The Morgan fingerprint density at radius 2 is 1.96 bits per heavy atom. The number of benzene rings is 2. The first-order valence-corrected chi connectivity index (χ1v) is 9.94. The predicted octanol–water partition coefficient (Wildman–Crippen LogP) is 3.30. The monoisotopic (exact) mass is 381 g/mol. The molecule has 1 aliphatic heterocycles. The van der Waals surface area contributed by atoms with Gasteiger partial charge in [0.25, 0.3) is 6.01 Å². The Bertz CT molecular complexity index is 860. The molecule has 1 saturated heterocycles. The molecule has 4 rings (SSSR count). The molecule has 6 heteroatoms. The van der Waals surface area contributed by atoms with Crippen LogP contribution in [-0.4, -0.2) is 53.9 Å². The van der Waals surface area contributed by atoms with Gasteiger partial charge < -0.3 is 19.2 Å². The molecule has 1 aliphatic rings. The van der Waals surface area contributed by atoms with E-state index in [4.69, 9.17) is 9.15 Å². The van der Waals surface area contributed by atoms with E-state index in [-0.39, 0.29) is 12.6 Å². The molecule has 0 radical (unpaired) electrons. The quantitative estimate of drug-likeness (QED) is 0.678. The number of oxazole rings is 1. The molecule has 1 fully saturated rings. The maximum Gasteiger partial charge on any atom is 0.298 e. The van der Waals surface area contributed by atoms with Gasteiger partial charge in [-0.25, -0.2) is 0 Å². The minimum absolute atomic E-state index is 0.172. The zero-order valence-electron chi connectivity index (χ0n) is 16.3.